The first-order valence-electron chi connectivity index (χ1n) is 13.3. The Labute approximate surface area is 233 Å². The number of rotatable bonds is 4. The van der Waals surface area contributed by atoms with E-state index in [-0.39, 0.29) is 28.7 Å². The third-order valence-electron chi connectivity index (χ3n) is 8.44. The van der Waals surface area contributed by atoms with Gasteiger partial charge in [-0.05, 0) is 37.0 Å². The predicted octanol–water partition coefficient (Wildman–Crippen LogP) is 3.61. The molecule has 1 atom stereocenters. The zero-order valence-corrected chi connectivity index (χ0v) is 22.8. The zero-order valence-electron chi connectivity index (χ0n) is 22.0. The maximum atomic E-state index is 14.9. The van der Waals surface area contributed by atoms with Crippen molar-refractivity contribution in [1.82, 2.24) is 19.4 Å². The van der Waals surface area contributed by atoms with Gasteiger partial charge in [0, 0.05) is 56.6 Å². The molecule has 3 aromatic rings. The molecule has 7 rings (SSSR count). The van der Waals surface area contributed by atoms with Crippen molar-refractivity contribution in [2.24, 2.45) is 18.4 Å². The predicted molar refractivity (Wildman–Crippen MR) is 147 cm³/mol. The zero-order chi connectivity index (χ0) is 28.0. The number of aryl methyl sites for hydroxylation is 1. The van der Waals surface area contributed by atoms with Crippen LogP contribution in [0, 0.1) is 11.3 Å². The van der Waals surface area contributed by atoms with Crippen molar-refractivity contribution in [3.63, 3.8) is 0 Å². The van der Waals surface area contributed by atoms with E-state index in [1.807, 2.05) is 4.90 Å². The number of halogens is 3. The summed E-state index contributed by atoms with van der Waals surface area (Å²) in [7, 11) is 1.59. The van der Waals surface area contributed by atoms with E-state index in [1.165, 1.54) is 10.8 Å². The molecule has 10 nitrogen and oxygen atoms in total. The number of nitrogens with zero attached hydrogens (tertiary/aromatic N) is 5. The molecule has 2 N–H and O–H groups in total. The van der Waals surface area contributed by atoms with Crippen LogP contribution in [0.2, 0.25) is 5.02 Å². The Bertz CT molecular complexity index is 1610. The molecule has 0 radical (unpaired) electrons. The fourth-order valence-corrected chi connectivity index (χ4v) is 6.25. The van der Waals surface area contributed by atoms with Crippen LogP contribution in [0.3, 0.4) is 0 Å². The van der Waals surface area contributed by atoms with Crippen LogP contribution in [0.1, 0.15) is 19.8 Å². The number of aromatic nitrogens is 3. The number of carbonyl (C=O) groups excluding carboxylic acids is 1. The number of likely N-dealkylation sites (tertiary alicyclic amines) is 1. The molecule has 2 saturated heterocycles. The van der Waals surface area contributed by atoms with Gasteiger partial charge >= 0.3 is 5.92 Å². The lowest BCUT2D eigenvalue weighted by molar-refractivity contribution is -0.142. The molecule has 4 aliphatic rings. The van der Waals surface area contributed by atoms with Gasteiger partial charge in [-0.25, -0.2) is 13.8 Å². The number of hydrogen-bond donors (Lipinski definition) is 2. The Balaban J connectivity index is 1.19. The monoisotopic (exact) mass is 571 g/mol. The van der Waals surface area contributed by atoms with E-state index in [0.29, 0.717) is 46.2 Å². The highest BCUT2D eigenvalue weighted by Crippen LogP contribution is 2.46. The molecule has 0 bridgehead atoms. The SMILES string of the molecule is CC(=O)N1CC2(C1)CN(c1ncc(Cl)c(Nc3ccc4c(c3)c3c(c(=O)n4C)OCC(F)(F)[C@H](C4CC4)N3)n1)C2. The molecule has 2 aromatic heterocycles. The number of anilines is 4. The van der Waals surface area contributed by atoms with E-state index in [2.05, 4.69) is 25.5 Å². The molecule has 5 heterocycles. The smallest absolute Gasteiger partial charge is 0.301 e. The number of nitrogens with one attached hydrogen (secondary N) is 2. The third-order valence-corrected chi connectivity index (χ3v) is 8.71. The Morgan fingerprint density at radius 3 is 2.67 bits per heavy atom. The molecule has 0 unspecified atom stereocenters. The van der Waals surface area contributed by atoms with Crippen LogP contribution >= 0.6 is 11.6 Å². The summed E-state index contributed by atoms with van der Waals surface area (Å²) >= 11 is 6.44. The molecular weight excluding hydrogens is 544 g/mol. The van der Waals surface area contributed by atoms with Crippen LogP contribution in [0.4, 0.5) is 31.9 Å². The highest BCUT2D eigenvalue weighted by atomic mass is 35.5. The summed E-state index contributed by atoms with van der Waals surface area (Å²) in [5.41, 5.74) is 1.08. The van der Waals surface area contributed by atoms with Crippen molar-refractivity contribution in [2.75, 3.05) is 48.3 Å². The molecule has 13 heteroatoms. The molecule has 3 fully saturated rings. The first-order chi connectivity index (χ1) is 19.0. The lowest BCUT2D eigenvalue weighted by atomic mass is 9.73. The molecule has 1 spiro atoms. The van der Waals surface area contributed by atoms with Gasteiger partial charge in [0.05, 0.1) is 23.4 Å². The highest BCUT2D eigenvalue weighted by molar-refractivity contribution is 6.33. The van der Waals surface area contributed by atoms with Gasteiger partial charge in [0.25, 0.3) is 5.56 Å². The summed E-state index contributed by atoms with van der Waals surface area (Å²) < 4.78 is 36.7. The summed E-state index contributed by atoms with van der Waals surface area (Å²) in [6.07, 6.45) is 2.95. The van der Waals surface area contributed by atoms with Gasteiger partial charge in [0.1, 0.15) is 5.02 Å². The van der Waals surface area contributed by atoms with Gasteiger partial charge in [-0.3, -0.25) is 9.59 Å². The second-order valence-electron chi connectivity index (χ2n) is 11.5. The number of carbonyl (C=O) groups is 1. The van der Waals surface area contributed by atoms with E-state index in [9.17, 15) is 18.4 Å². The van der Waals surface area contributed by atoms with Gasteiger partial charge in [-0.2, -0.15) is 4.98 Å². The molecule has 210 valence electrons. The molecular formula is C27H28ClF2N7O3. The van der Waals surface area contributed by atoms with Gasteiger partial charge in [-0.15, -0.1) is 0 Å². The van der Waals surface area contributed by atoms with Crippen LogP contribution in [-0.2, 0) is 11.8 Å². The quantitative estimate of drug-likeness (QED) is 0.489. The minimum atomic E-state index is -3.11. The summed E-state index contributed by atoms with van der Waals surface area (Å²) in [6.45, 7) is 3.73. The lowest BCUT2D eigenvalue weighted by Gasteiger charge is -2.59. The maximum absolute atomic E-state index is 14.9. The number of fused-ring (bicyclic) bond motifs is 3. The molecule has 1 aliphatic carbocycles. The van der Waals surface area contributed by atoms with E-state index < -0.39 is 24.1 Å². The van der Waals surface area contributed by atoms with E-state index >= 15 is 0 Å². The number of amides is 1. The van der Waals surface area contributed by atoms with Gasteiger partial charge < -0.3 is 29.7 Å². The van der Waals surface area contributed by atoms with Crippen LogP contribution in [0.5, 0.6) is 5.75 Å². The van der Waals surface area contributed by atoms with Crippen molar-refractivity contribution in [3.8, 4) is 5.75 Å². The molecule has 3 aliphatic heterocycles. The summed E-state index contributed by atoms with van der Waals surface area (Å²) in [5, 5.41) is 7.11. The van der Waals surface area contributed by atoms with Crippen molar-refractivity contribution in [1.29, 1.82) is 0 Å². The third kappa shape index (κ3) is 4.03. The number of alkyl halides is 2. The normalized spacial score (nSPS) is 22.5. The summed E-state index contributed by atoms with van der Waals surface area (Å²) in [4.78, 5) is 37.5. The largest absolute Gasteiger partial charge is 0.480 e. The first-order valence-corrected chi connectivity index (χ1v) is 13.7. The second-order valence-corrected chi connectivity index (χ2v) is 11.9. The van der Waals surface area contributed by atoms with E-state index in [1.54, 1.807) is 32.2 Å². The van der Waals surface area contributed by atoms with E-state index in [4.69, 9.17) is 16.3 Å². The average molecular weight is 572 g/mol. The number of benzene rings is 1. The van der Waals surface area contributed by atoms with Crippen LogP contribution in [-0.4, -0.2) is 70.1 Å². The number of ether oxygens (including phenoxy) is 1. The van der Waals surface area contributed by atoms with Crippen molar-refractivity contribution in [3.05, 3.63) is 39.8 Å². The Hall–Kier alpha value is -3.67. The van der Waals surface area contributed by atoms with E-state index in [0.717, 1.165) is 26.2 Å². The lowest BCUT2D eigenvalue weighted by Crippen LogP contribution is -2.73. The Morgan fingerprint density at radius 1 is 1.23 bits per heavy atom. The van der Waals surface area contributed by atoms with Crippen LogP contribution in [0.25, 0.3) is 10.9 Å². The van der Waals surface area contributed by atoms with Gasteiger partial charge in [-0.1, -0.05) is 11.6 Å². The first kappa shape index (κ1) is 25.3. The average Bonchev–Trinajstić information content (AvgIpc) is 3.70. The summed E-state index contributed by atoms with van der Waals surface area (Å²) in [5.74, 6) is -2.38. The maximum Gasteiger partial charge on any atom is 0.301 e. The standard InChI is InChI=1S/C27H28ClF2N7O3/c1-14(38)36-9-26(10-36)11-37(12-26)25-31-8-18(28)23(34-25)32-16-5-6-19-17(7-16)20-21(24(39)35(19)2)40-13-27(29,30)22(33-20)15-3-4-15/h5-8,15,22,33H,3-4,9-13H2,1-2H3,(H,31,32,34)/t22-/m0/s1. The Morgan fingerprint density at radius 2 is 1.98 bits per heavy atom. The topological polar surface area (TPSA) is 105 Å². The summed E-state index contributed by atoms with van der Waals surface area (Å²) in [6, 6.07) is 4.19. The van der Waals surface area contributed by atoms with Crippen molar-refractivity contribution in [2.45, 2.75) is 31.7 Å². The number of pyridine rings is 1. The minimum Gasteiger partial charge on any atom is -0.480 e. The second kappa shape index (κ2) is 8.66. The highest BCUT2D eigenvalue weighted by Gasteiger charge is 2.53. The molecule has 1 saturated carbocycles. The van der Waals surface area contributed by atoms with Crippen LogP contribution < -0.4 is 25.8 Å². The van der Waals surface area contributed by atoms with Crippen molar-refractivity contribution >= 4 is 51.6 Å². The van der Waals surface area contributed by atoms with Crippen LogP contribution in [0.15, 0.2) is 29.2 Å². The molecule has 1 amide bonds. The fourth-order valence-electron chi connectivity index (χ4n) is 6.11. The molecule has 40 heavy (non-hydrogen) atoms. The fraction of sp³-hybridized carbons (Fsp3) is 0.481. The molecule has 1 aromatic carbocycles. The van der Waals surface area contributed by atoms with Crippen molar-refractivity contribution < 1.29 is 18.3 Å². The minimum absolute atomic E-state index is 0.0872. The Kier molecular flexibility index (Phi) is 5.48. The number of hydrogen-bond acceptors (Lipinski definition) is 8. The van der Waals surface area contributed by atoms with Gasteiger partial charge in [0.2, 0.25) is 17.6 Å². The van der Waals surface area contributed by atoms with Gasteiger partial charge in [0.15, 0.2) is 12.4 Å².